The molecule has 0 aromatic heterocycles. The Kier molecular flexibility index (Phi) is 6.46. The van der Waals surface area contributed by atoms with Gasteiger partial charge in [0.2, 0.25) is 15.9 Å². The molecule has 0 atom stereocenters. The third-order valence-electron chi connectivity index (χ3n) is 4.57. The first-order valence-electron chi connectivity index (χ1n) is 9.51. The van der Waals surface area contributed by atoms with Crippen molar-refractivity contribution in [3.05, 3.63) is 70.8 Å². The molecule has 1 amide bonds. The zero-order valence-corrected chi connectivity index (χ0v) is 18.1. The minimum Gasteiger partial charge on any atom is -0.347 e. The molecule has 154 valence electrons. The van der Waals surface area contributed by atoms with E-state index in [2.05, 4.69) is 10.0 Å². The molecule has 2 N–H and O–H groups in total. The van der Waals surface area contributed by atoms with E-state index >= 15 is 0 Å². The quantitative estimate of drug-likeness (QED) is 0.620. The van der Waals surface area contributed by atoms with Gasteiger partial charge in [0.25, 0.3) is 0 Å². The summed E-state index contributed by atoms with van der Waals surface area (Å²) < 4.78 is 27.0. The molecule has 0 aliphatic heterocycles. The fourth-order valence-corrected chi connectivity index (χ4v) is 4.46. The number of carbonyl (C=O) groups excluding carboxylic acids is 1. The number of hydrogen-bond donors (Lipinski definition) is 2. The molecule has 1 aliphatic rings. The molecule has 0 saturated heterocycles. The highest BCUT2D eigenvalue weighted by molar-refractivity contribution is 7.89. The Labute approximate surface area is 177 Å². The van der Waals surface area contributed by atoms with Crippen molar-refractivity contribution in [2.75, 3.05) is 0 Å². The average molecular weight is 433 g/mol. The van der Waals surface area contributed by atoms with Gasteiger partial charge in [-0.05, 0) is 68.5 Å². The van der Waals surface area contributed by atoms with Crippen molar-refractivity contribution >= 4 is 33.6 Å². The van der Waals surface area contributed by atoms with Crippen LogP contribution in [0.4, 0.5) is 0 Å². The highest BCUT2D eigenvalue weighted by Gasteiger charge is 2.27. The Morgan fingerprint density at radius 1 is 1.14 bits per heavy atom. The van der Waals surface area contributed by atoms with E-state index in [9.17, 15) is 13.2 Å². The summed E-state index contributed by atoms with van der Waals surface area (Å²) in [6.45, 7) is 3.88. The smallest absolute Gasteiger partial charge is 0.244 e. The van der Waals surface area contributed by atoms with Crippen LogP contribution in [0.2, 0.25) is 5.02 Å². The molecular formula is C22H25ClN2O3S. The first-order chi connectivity index (χ1) is 13.6. The lowest BCUT2D eigenvalue weighted by Gasteiger charge is -2.26. The maximum absolute atomic E-state index is 12.3. The molecule has 0 spiro atoms. The first-order valence-corrected chi connectivity index (χ1v) is 11.4. The molecule has 3 rings (SSSR count). The Bertz CT molecular complexity index is 1010. The number of rotatable bonds is 8. The van der Waals surface area contributed by atoms with E-state index in [-0.39, 0.29) is 16.8 Å². The van der Waals surface area contributed by atoms with E-state index in [1.165, 1.54) is 6.08 Å². The van der Waals surface area contributed by atoms with Crippen molar-refractivity contribution in [3.63, 3.8) is 0 Å². The van der Waals surface area contributed by atoms with Crippen molar-refractivity contribution in [2.45, 2.75) is 49.6 Å². The van der Waals surface area contributed by atoms with E-state index in [1.54, 1.807) is 30.3 Å². The normalized spacial score (nSPS) is 14.9. The summed E-state index contributed by atoms with van der Waals surface area (Å²) in [6, 6.07) is 14.1. The lowest BCUT2D eigenvalue weighted by molar-refractivity contribution is -0.117. The van der Waals surface area contributed by atoms with Crippen LogP contribution in [0.1, 0.15) is 37.8 Å². The van der Waals surface area contributed by atoms with Gasteiger partial charge in [-0.15, -0.1) is 0 Å². The molecule has 2 aromatic rings. The van der Waals surface area contributed by atoms with Crippen molar-refractivity contribution in [1.82, 2.24) is 10.0 Å². The standard InChI is InChI=1S/C22H25ClN2O3S/c1-22(2,15-17-5-3-4-6-20(17)23)24-21(26)14-9-16-7-12-19(13-8-16)29(27,28)25-18-10-11-18/h3-9,12-14,18,25H,10-11,15H2,1-2H3,(H,24,26)/b14-9+. The maximum Gasteiger partial charge on any atom is 0.244 e. The summed E-state index contributed by atoms with van der Waals surface area (Å²) in [5, 5.41) is 3.65. The predicted molar refractivity (Wildman–Crippen MR) is 116 cm³/mol. The second-order valence-corrected chi connectivity index (χ2v) is 10.1. The van der Waals surface area contributed by atoms with Gasteiger partial charge in [0.15, 0.2) is 0 Å². The summed E-state index contributed by atoms with van der Waals surface area (Å²) in [5.74, 6) is -0.228. The molecular weight excluding hydrogens is 408 g/mol. The van der Waals surface area contributed by atoms with Crippen molar-refractivity contribution in [1.29, 1.82) is 0 Å². The third-order valence-corrected chi connectivity index (χ3v) is 6.47. The molecule has 0 unspecified atom stereocenters. The minimum atomic E-state index is -3.47. The maximum atomic E-state index is 12.3. The number of sulfonamides is 1. The molecule has 0 radical (unpaired) electrons. The van der Waals surface area contributed by atoms with Gasteiger partial charge in [0, 0.05) is 22.7 Å². The Hall–Kier alpha value is -2.15. The van der Waals surface area contributed by atoms with Gasteiger partial charge in [-0.1, -0.05) is 41.9 Å². The topological polar surface area (TPSA) is 75.3 Å². The summed E-state index contributed by atoms with van der Waals surface area (Å²) in [7, 11) is -3.47. The number of halogens is 1. The van der Waals surface area contributed by atoms with Gasteiger partial charge in [-0.3, -0.25) is 4.79 Å². The van der Waals surface area contributed by atoms with E-state index in [1.807, 2.05) is 38.1 Å². The van der Waals surface area contributed by atoms with Crippen LogP contribution in [0.3, 0.4) is 0 Å². The highest BCUT2D eigenvalue weighted by Crippen LogP contribution is 2.23. The Morgan fingerprint density at radius 2 is 1.79 bits per heavy atom. The summed E-state index contributed by atoms with van der Waals surface area (Å²) in [4.78, 5) is 12.6. The predicted octanol–water partition coefficient (Wildman–Crippen LogP) is 3.93. The number of benzene rings is 2. The van der Waals surface area contributed by atoms with Gasteiger partial charge < -0.3 is 5.32 Å². The second kappa shape index (κ2) is 8.69. The zero-order valence-electron chi connectivity index (χ0n) is 16.5. The van der Waals surface area contributed by atoms with E-state index in [4.69, 9.17) is 11.6 Å². The molecule has 2 aromatic carbocycles. The molecule has 5 nitrogen and oxygen atoms in total. The number of hydrogen-bond acceptors (Lipinski definition) is 3. The minimum absolute atomic E-state index is 0.0670. The molecule has 1 saturated carbocycles. The lowest BCUT2D eigenvalue weighted by Crippen LogP contribution is -2.44. The van der Waals surface area contributed by atoms with E-state index in [0.29, 0.717) is 11.4 Å². The molecule has 1 aliphatic carbocycles. The molecule has 7 heteroatoms. The second-order valence-electron chi connectivity index (χ2n) is 7.94. The van der Waals surface area contributed by atoms with Crippen LogP contribution in [0.5, 0.6) is 0 Å². The molecule has 0 heterocycles. The summed E-state index contributed by atoms with van der Waals surface area (Å²) in [5.41, 5.74) is 1.24. The number of amides is 1. The number of carbonyl (C=O) groups is 1. The van der Waals surface area contributed by atoms with Crippen molar-refractivity contribution in [3.8, 4) is 0 Å². The lowest BCUT2D eigenvalue weighted by atomic mass is 9.95. The summed E-state index contributed by atoms with van der Waals surface area (Å²) in [6.07, 6.45) is 5.49. The highest BCUT2D eigenvalue weighted by atomic mass is 35.5. The molecule has 0 bridgehead atoms. The fourth-order valence-electron chi connectivity index (χ4n) is 2.96. The third kappa shape index (κ3) is 6.42. The van der Waals surface area contributed by atoms with Gasteiger partial charge in [0.05, 0.1) is 4.90 Å². The van der Waals surface area contributed by atoms with Crippen LogP contribution >= 0.6 is 11.6 Å². The average Bonchev–Trinajstić information content (AvgIpc) is 3.45. The Balaban J connectivity index is 1.59. The van der Waals surface area contributed by atoms with E-state index < -0.39 is 15.6 Å². The first kappa shape index (κ1) is 21.6. The van der Waals surface area contributed by atoms with Gasteiger partial charge >= 0.3 is 0 Å². The van der Waals surface area contributed by atoms with Crippen LogP contribution in [0.25, 0.3) is 6.08 Å². The summed E-state index contributed by atoms with van der Waals surface area (Å²) >= 11 is 6.21. The van der Waals surface area contributed by atoms with Crippen LogP contribution in [-0.2, 0) is 21.2 Å². The SMILES string of the molecule is CC(C)(Cc1ccccc1Cl)NC(=O)/C=C/c1ccc(S(=O)(=O)NC2CC2)cc1. The van der Waals surface area contributed by atoms with Crippen molar-refractivity contribution < 1.29 is 13.2 Å². The van der Waals surface area contributed by atoms with Crippen LogP contribution in [0, 0.1) is 0 Å². The van der Waals surface area contributed by atoms with Crippen LogP contribution < -0.4 is 10.0 Å². The van der Waals surface area contributed by atoms with Crippen LogP contribution in [-0.4, -0.2) is 25.9 Å². The molecule has 1 fully saturated rings. The number of nitrogens with one attached hydrogen (secondary N) is 2. The van der Waals surface area contributed by atoms with E-state index in [0.717, 1.165) is 24.0 Å². The molecule has 29 heavy (non-hydrogen) atoms. The zero-order chi connectivity index (χ0) is 21.1. The van der Waals surface area contributed by atoms with Crippen molar-refractivity contribution in [2.24, 2.45) is 0 Å². The van der Waals surface area contributed by atoms with Gasteiger partial charge in [-0.25, -0.2) is 13.1 Å². The monoisotopic (exact) mass is 432 g/mol. The fraction of sp³-hybridized carbons (Fsp3) is 0.318. The largest absolute Gasteiger partial charge is 0.347 e. The van der Waals surface area contributed by atoms with Gasteiger partial charge in [-0.2, -0.15) is 0 Å². The van der Waals surface area contributed by atoms with Crippen LogP contribution in [0.15, 0.2) is 59.5 Å². The van der Waals surface area contributed by atoms with Gasteiger partial charge in [0.1, 0.15) is 0 Å². The Morgan fingerprint density at radius 3 is 2.41 bits per heavy atom.